The first kappa shape index (κ1) is 26.5. The molecule has 0 radical (unpaired) electrons. The number of urea groups is 1. The number of amides is 3. The van der Waals surface area contributed by atoms with Gasteiger partial charge >= 0.3 is 6.03 Å². The average molecular weight is 497 g/mol. The van der Waals surface area contributed by atoms with Crippen LogP contribution < -0.4 is 31.7 Å². The molecule has 3 amide bonds. The molecule has 0 saturated carbocycles. The Labute approximate surface area is 195 Å². The second-order valence-electron chi connectivity index (χ2n) is 6.93. The van der Waals surface area contributed by atoms with Gasteiger partial charge in [-0.3, -0.25) is 20.3 Å². The third-order valence-corrected chi connectivity index (χ3v) is 5.83. The zero-order chi connectivity index (χ0) is 25.1. The molecule has 0 fully saturated rings. The van der Waals surface area contributed by atoms with Gasteiger partial charge in [0.2, 0.25) is 10.0 Å². The second kappa shape index (κ2) is 12.5. The summed E-state index contributed by atoms with van der Waals surface area (Å²) in [5.74, 6) is -0.826. The number of hydroxylamine groups is 1. The Hall–Kier alpha value is -3.75. The van der Waals surface area contributed by atoms with Crippen molar-refractivity contribution in [2.45, 2.75) is 30.2 Å². The maximum absolute atomic E-state index is 13.0. The Balaban J connectivity index is 1.97. The molecule has 0 bridgehead atoms. The Morgan fingerprint density at radius 2 is 1.62 bits per heavy atom. The van der Waals surface area contributed by atoms with Crippen LogP contribution in [-0.4, -0.2) is 44.1 Å². The normalized spacial score (nSPS) is 12.6. The van der Waals surface area contributed by atoms with E-state index in [0.29, 0.717) is 24.3 Å². The van der Waals surface area contributed by atoms with Crippen molar-refractivity contribution in [2.24, 2.45) is 16.5 Å². The predicted octanol–water partition coefficient (Wildman–Crippen LogP) is 0.924. The highest BCUT2D eigenvalue weighted by atomic mass is 32.2. The van der Waals surface area contributed by atoms with E-state index in [1.54, 1.807) is 0 Å². The molecule has 2 aromatic rings. The fourth-order valence-corrected chi connectivity index (χ4v) is 3.96. The van der Waals surface area contributed by atoms with Gasteiger partial charge in [0, 0.05) is 6.54 Å². The van der Waals surface area contributed by atoms with E-state index in [2.05, 4.69) is 15.0 Å². The highest BCUT2D eigenvalue weighted by molar-refractivity contribution is 7.89. The fourth-order valence-electron chi connectivity index (χ4n) is 2.73. The summed E-state index contributed by atoms with van der Waals surface area (Å²) in [7, 11) is -4.12. The standard InChI is InChI=1S/C20H25FN6O6S/c21-13-4-6-14(7-5-13)33-15-8-10-16(11-9-15)34(31,32)27-17(18(28)26-30)3-1-2-12-24-19(22)25-20(23)29/h4-11,17,27,30H,1-3,12H2,(H,26,28)(H5,22,23,24,25,29)/t17-/m1/s1. The van der Waals surface area contributed by atoms with Crippen LogP contribution in [0.3, 0.4) is 0 Å². The van der Waals surface area contributed by atoms with Crippen molar-refractivity contribution in [3.8, 4) is 11.5 Å². The molecule has 8 N–H and O–H groups in total. The minimum Gasteiger partial charge on any atom is -0.457 e. The highest BCUT2D eigenvalue weighted by Gasteiger charge is 2.25. The molecule has 0 aliphatic rings. The number of rotatable bonds is 11. The summed E-state index contributed by atoms with van der Waals surface area (Å²) in [6, 6.07) is 8.55. The third kappa shape index (κ3) is 8.65. The van der Waals surface area contributed by atoms with Gasteiger partial charge in [0.15, 0.2) is 5.96 Å². The van der Waals surface area contributed by atoms with Gasteiger partial charge in [0.25, 0.3) is 5.91 Å². The maximum atomic E-state index is 13.0. The van der Waals surface area contributed by atoms with Crippen molar-refractivity contribution in [3.63, 3.8) is 0 Å². The van der Waals surface area contributed by atoms with Crippen LogP contribution in [0.2, 0.25) is 0 Å². The van der Waals surface area contributed by atoms with Gasteiger partial charge in [-0.2, -0.15) is 4.72 Å². The molecule has 14 heteroatoms. The van der Waals surface area contributed by atoms with Crippen molar-refractivity contribution >= 4 is 27.9 Å². The summed E-state index contributed by atoms with van der Waals surface area (Å²) in [5, 5.41) is 11.1. The molecule has 0 spiro atoms. The zero-order valence-corrected chi connectivity index (χ0v) is 18.7. The predicted molar refractivity (Wildman–Crippen MR) is 120 cm³/mol. The highest BCUT2D eigenvalue weighted by Crippen LogP contribution is 2.23. The van der Waals surface area contributed by atoms with Gasteiger partial charge in [-0.15, -0.1) is 0 Å². The van der Waals surface area contributed by atoms with Crippen molar-refractivity contribution in [3.05, 3.63) is 54.3 Å². The molecule has 0 heterocycles. The Morgan fingerprint density at radius 3 is 2.18 bits per heavy atom. The largest absolute Gasteiger partial charge is 0.457 e. The van der Waals surface area contributed by atoms with E-state index in [4.69, 9.17) is 21.4 Å². The number of benzene rings is 2. The molecule has 34 heavy (non-hydrogen) atoms. The molecule has 2 rings (SSSR count). The molecule has 0 saturated heterocycles. The molecule has 0 aromatic heterocycles. The van der Waals surface area contributed by atoms with Gasteiger partial charge in [-0.05, 0) is 67.8 Å². The molecular formula is C20H25FN6O6S. The number of nitrogens with two attached hydrogens (primary N) is 2. The number of sulfonamides is 1. The van der Waals surface area contributed by atoms with E-state index < -0.39 is 33.8 Å². The van der Waals surface area contributed by atoms with Crippen molar-refractivity contribution in [1.29, 1.82) is 0 Å². The molecule has 0 unspecified atom stereocenters. The summed E-state index contributed by atoms with van der Waals surface area (Å²) >= 11 is 0. The van der Waals surface area contributed by atoms with E-state index in [1.165, 1.54) is 54.0 Å². The number of unbranched alkanes of at least 4 members (excludes halogenated alkanes) is 1. The van der Waals surface area contributed by atoms with Crippen LogP contribution in [0.25, 0.3) is 0 Å². The van der Waals surface area contributed by atoms with Gasteiger partial charge in [0.1, 0.15) is 23.4 Å². The first-order chi connectivity index (χ1) is 16.1. The van der Waals surface area contributed by atoms with E-state index in [-0.39, 0.29) is 23.8 Å². The quantitative estimate of drug-likeness (QED) is 0.0873. The second-order valence-corrected chi connectivity index (χ2v) is 8.64. The first-order valence-corrected chi connectivity index (χ1v) is 11.4. The van der Waals surface area contributed by atoms with E-state index in [1.807, 2.05) is 0 Å². The molecular weight excluding hydrogens is 471 g/mol. The fraction of sp³-hybridized carbons (Fsp3) is 0.250. The lowest BCUT2D eigenvalue weighted by Crippen LogP contribution is -2.45. The van der Waals surface area contributed by atoms with Crippen LogP contribution >= 0.6 is 0 Å². The van der Waals surface area contributed by atoms with E-state index >= 15 is 0 Å². The Bertz CT molecular complexity index is 1110. The molecule has 184 valence electrons. The van der Waals surface area contributed by atoms with Crippen molar-refractivity contribution in [2.75, 3.05) is 6.54 Å². The van der Waals surface area contributed by atoms with Crippen LogP contribution in [-0.2, 0) is 14.8 Å². The topological polar surface area (TPSA) is 198 Å². The van der Waals surface area contributed by atoms with Crippen molar-refractivity contribution in [1.82, 2.24) is 15.5 Å². The zero-order valence-electron chi connectivity index (χ0n) is 17.9. The van der Waals surface area contributed by atoms with Crippen molar-refractivity contribution < 1.29 is 32.3 Å². The number of guanidine groups is 1. The summed E-state index contributed by atoms with van der Waals surface area (Å²) in [6.45, 7) is 0.196. The number of primary amides is 1. The SMILES string of the molecule is NC(=O)NC(N)=NCCCC[C@@H](NS(=O)(=O)c1ccc(Oc2ccc(F)cc2)cc1)C(=O)NO. The number of hydrogen-bond donors (Lipinski definition) is 6. The monoisotopic (exact) mass is 496 g/mol. The number of nitrogens with zero attached hydrogens (tertiary/aromatic N) is 1. The lowest BCUT2D eigenvalue weighted by atomic mass is 10.1. The summed E-state index contributed by atoms with van der Waals surface area (Å²) in [6.07, 6.45) is 0.808. The average Bonchev–Trinajstić information content (AvgIpc) is 2.79. The molecule has 0 aliphatic carbocycles. The number of hydrogen-bond acceptors (Lipinski definition) is 7. The van der Waals surface area contributed by atoms with Gasteiger partial charge in [-0.25, -0.2) is 23.1 Å². The first-order valence-electron chi connectivity index (χ1n) is 9.97. The smallest absolute Gasteiger partial charge is 0.318 e. The number of ether oxygens (including phenoxy) is 1. The van der Waals surface area contributed by atoms with Crippen LogP contribution in [0.4, 0.5) is 9.18 Å². The molecule has 12 nitrogen and oxygen atoms in total. The lowest BCUT2D eigenvalue weighted by molar-refractivity contribution is -0.131. The molecule has 2 aromatic carbocycles. The van der Waals surface area contributed by atoms with Gasteiger partial charge in [-0.1, -0.05) is 0 Å². The minimum atomic E-state index is -4.12. The van der Waals surface area contributed by atoms with E-state index in [0.717, 1.165) is 0 Å². The van der Waals surface area contributed by atoms with Crippen LogP contribution in [0.5, 0.6) is 11.5 Å². The summed E-state index contributed by atoms with van der Waals surface area (Å²) < 4.78 is 46.2. The minimum absolute atomic E-state index is 0.0516. The lowest BCUT2D eigenvalue weighted by Gasteiger charge is -2.17. The van der Waals surface area contributed by atoms with Gasteiger partial charge < -0.3 is 16.2 Å². The molecule has 0 aliphatic heterocycles. The van der Waals surface area contributed by atoms with Crippen LogP contribution in [0.1, 0.15) is 19.3 Å². The Kier molecular flexibility index (Phi) is 9.73. The number of halogens is 1. The Morgan fingerprint density at radius 1 is 1.03 bits per heavy atom. The van der Waals surface area contributed by atoms with E-state index in [9.17, 15) is 22.4 Å². The number of carbonyl (C=O) groups is 2. The van der Waals surface area contributed by atoms with Crippen LogP contribution in [0, 0.1) is 5.82 Å². The maximum Gasteiger partial charge on any atom is 0.318 e. The number of carbonyl (C=O) groups excluding carboxylic acids is 2. The summed E-state index contributed by atoms with van der Waals surface area (Å²) in [5.41, 5.74) is 11.8. The van der Waals surface area contributed by atoms with Crippen LogP contribution in [0.15, 0.2) is 58.4 Å². The van der Waals surface area contributed by atoms with Gasteiger partial charge in [0.05, 0.1) is 4.90 Å². The summed E-state index contributed by atoms with van der Waals surface area (Å²) in [4.78, 5) is 26.3. The molecule has 1 atom stereocenters. The number of nitrogens with one attached hydrogen (secondary N) is 3. The number of aliphatic imine (C=N–C) groups is 1. The third-order valence-electron chi connectivity index (χ3n) is 4.34.